The first kappa shape index (κ1) is 17.1. The molecule has 2 unspecified atom stereocenters. The first-order valence-electron chi connectivity index (χ1n) is 8.88. The highest BCUT2D eigenvalue weighted by Crippen LogP contribution is 2.25. The van der Waals surface area contributed by atoms with Crippen molar-refractivity contribution in [2.24, 2.45) is 0 Å². The molecule has 0 aromatic heterocycles. The smallest absolute Gasteiger partial charge is 0.142 e. The maximum absolute atomic E-state index is 6.09. The monoisotopic (exact) mass is 304 g/mol. The lowest BCUT2D eigenvalue weighted by molar-refractivity contribution is 0.102. The van der Waals surface area contributed by atoms with Crippen molar-refractivity contribution in [1.29, 1.82) is 0 Å². The van der Waals surface area contributed by atoms with E-state index in [9.17, 15) is 0 Å². The van der Waals surface area contributed by atoms with Crippen molar-refractivity contribution in [1.82, 2.24) is 4.90 Å². The van der Waals surface area contributed by atoms with E-state index in [-0.39, 0.29) is 0 Å². The van der Waals surface area contributed by atoms with Crippen LogP contribution in [0.2, 0.25) is 0 Å². The molecule has 1 aromatic rings. The summed E-state index contributed by atoms with van der Waals surface area (Å²) in [5.41, 5.74) is 8.17. The number of piperidine rings is 1. The summed E-state index contributed by atoms with van der Waals surface area (Å²) in [5, 5.41) is 0. The van der Waals surface area contributed by atoms with Crippen molar-refractivity contribution in [3.05, 3.63) is 23.8 Å². The molecule has 1 aliphatic heterocycles. The summed E-state index contributed by atoms with van der Waals surface area (Å²) in [4.78, 5) is 2.67. The Hall–Kier alpha value is -1.22. The van der Waals surface area contributed by atoms with E-state index in [2.05, 4.69) is 37.8 Å². The predicted molar refractivity (Wildman–Crippen MR) is 94.4 cm³/mol. The molecule has 124 valence electrons. The van der Waals surface area contributed by atoms with E-state index >= 15 is 0 Å². The highest BCUT2D eigenvalue weighted by atomic mass is 16.5. The van der Waals surface area contributed by atoms with Crippen LogP contribution >= 0.6 is 0 Å². The third-order valence-electron chi connectivity index (χ3n) is 4.79. The summed E-state index contributed by atoms with van der Waals surface area (Å²) in [6, 6.07) is 7.72. The second-order valence-electron chi connectivity index (χ2n) is 6.69. The molecule has 2 rings (SSSR count). The molecule has 3 heteroatoms. The number of anilines is 1. The Kier molecular flexibility index (Phi) is 6.56. The molecule has 0 saturated carbocycles. The van der Waals surface area contributed by atoms with Crippen molar-refractivity contribution in [2.75, 3.05) is 18.9 Å². The molecule has 1 heterocycles. The van der Waals surface area contributed by atoms with E-state index in [1.165, 1.54) is 37.8 Å². The SMILES string of the molecule is CCCOc1ccc(CCCN2C(C)CCCC2C)cc1N. The predicted octanol–water partition coefficient (Wildman–Crippen LogP) is 4.25. The van der Waals surface area contributed by atoms with Gasteiger partial charge in [-0.15, -0.1) is 0 Å². The summed E-state index contributed by atoms with van der Waals surface area (Å²) >= 11 is 0. The molecule has 0 amide bonds. The molecule has 0 spiro atoms. The van der Waals surface area contributed by atoms with Gasteiger partial charge in [-0.05, 0) is 70.2 Å². The van der Waals surface area contributed by atoms with Gasteiger partial charge in [-0.2, -0.15) is 0 Å². The Morgan fingerprint density at radius 3 is 2.59 bits per heavy atom. The zero-order valence-corrected chi connectivity index (χ0v) is 14.5. The van der Waals surface area contributed by atoms with Gasteiger partial charge in [-0.3, -0.25) is 4.90 Å². The topological polar surface area (TPSA) is 38.5 Å². The largest absolute Gasteiger partial charge is 0.491 e. The first-order chi connectivity index (χ1) is 10.6. The number of hydrogen-bond donors (Lipinski definition) is 1. The van der Waals surface area contributed by atoms with E-state index in [0.29, 0.717) is 0 Å². The second kappa shape index (κ2) is 8.42. The Balaban J connectivity index is 1.82. The molecular weight excluding hydrogens is 272 g/mol. The number of rotatable bonds is 7. The van der Waals surface area contributed by atoms with Crippen molar-refractivity contribution in [3.8, 4) is 5.75 Å². The van der Waals surface area contributed by atoms with Crippen molar-refractivity contribution >= 4 is 5.69 Å². The second-order valence-corrected chi connectivity index (χ2v) is 6.69. The fourth-order valence-electron chi connectivity index (χ4n) is 3.48. The molecule has 1 saturated heterocycles. The Bertz CT molecular complexity index is 451. The highest BCUT2D eigenvalue weighted by Gasteiger charge is 2.23. The molecule has 2 N–H and O–H groups in total. The number of nitrogen functional groups attached to an aromatic ring is 1. The average Bonchev–Trinajstić information content (AvgIpc) is 2.49. The summed E-state index contributed by atoms with van der Waals surface area (Å²) < 4.78 is 5.64. The number of benzene rings is 1. The van der Waals surface area contributed by atoms with Gasteiger partial charge in [0.05, 0.1) is 12.3 Å². The molecule has 0 bridgehead atoms. The van der Waals surface area contributed by atoms with Crippen LogP contribution in [0.25, 0.3) is 0 Å². The Labute approximate surface area is 135 Å². The summed E-state index contributed by atoms with van der Waals surface area (Å²) in [6.45, 7) is 8.76. The van der Waals surface area contributed by atoms with Gasteiger partial charge in [-0.1, -0.05) is 19.4 Å². The van der Waals surface area contributed by atoms with Crippen molar-refractivity contribution in [2.45, 2.75) is 71.4 Å². The van der Waals surface area contributed by atoms with Gasteiger partial charge in [0, 0.05) is 12.1 Å². The molecule has 1 aromatic carbocycles. The summed E-state index contributed by atoms with van der Waals surface area (Å²) in [5.74, 6) is 0.823. The van der Waals surface area contributed by atoms with Crippen LogP contribution in [-0.2, 0) is 6.42 Å². The van der Waals surface area contributed by atoms with Crippen LogP contribution in [0, 0.1) is 0 Å². The van der Waals surface area contributed by atoms with Gasteiger partial charge in [0.1, 0.15) is 5.75 Å². The third-order valence-corrected chi connectivity index (χ3v) is 4.79. The average molecular weight is 304 g/mol. The van der Waals surface area contributed by atoms with Crippen LogP contribution in [0.3, 0.4) is 0 Å². The van der Waals surface area contributed by atoms with Crippen LogP contribution in [0.4, 0.5) is 5.69 Å². The van der Waals surface area contributed by atoms with E-state index in [1.54, 1.807) is 0 Å². The number of nitrogens with two attached hydrogens (primary N) is 1. The quantitative estimate of drug-likeness (QED) is 0.765. The molecule has 0 radical (unpaired) electrons. The lowest BCUT2D eigenvalue weighted by Gasteiger charge is -2.39. The van der Waals surface area contributed by atoms with Gasteiger partial charge in [-0.25, -0.2) is 0 Å². The zero-order valence-electron chi connectivity index (χ0n) is 14.5. The van der Waals surface area contributed by atoms with Crippen LogP contribution < -0.4 is 10.5 Å². The molecule has 1 aliphatic rings. The molecule has 2 atom stereocenters. The summed E-state index contributed by atoms with van der Waals surface area (Å²) in [7, 11) is 0. The zero-order chi connectivity index (χ0) is 15.9. The third kappa shape index (κ3) is 4.64. The number of aryl methyl sites for hydroxylation is 1. The maximum atomic E-state index is 6.09. The first-order valence-corrected chi connectivity index (χ1v) is 8.88. The van der Waals surface area contributed by atoms with Crippen LogP contribution in [0.5, 0.6) is 5.75 Å². The minimum Gasteiger partial charge on any atom is -0.491 e. The molecular formula is C19H32N2O. The van der Waals surface area contributed by atoms with E-state index in [4.69, 9.17) is 10.5 Å². The van der Waals surface area contributed by atoms with Gasteiger partial charge in [0.15, 0.2) is 0 Å². The Morgan fingerprint density at radius 2 is 1.95 bits per heavy atom. The van der Waals surface area contributed by atoms with Gasteiger partial charge >= 0.3 is 0 Å². The number of hydrogen-bond acceptors (Lipinski definition) is 3. The number of likely N-dealkylation sites (tertiary alicyclic amines) is 1. The van der Waals surface area contributed by atoms with Crippen LogP contribution in [0.1, 0.15) is 58.4 Å². The Morgan fingerprint density at radius 1 is 1.23 bits per heavy atom. The van der Waals surface area contributed by atoms with E-state index in [1.807, 2.05) is 6.07 Å². The van der Waals surface area contributed by atoms with Gasteiger partial charge < -0.3 is 10.5 Å². The van der Waals surface area contributed by atoms with Crippen molar-refractivity contribution in [3.63, 3.8) is 0 Å². The minimum absolute atomic E-state index is 0.730. The van der Waals surface area contributed by atoms with Gasteiger partial charge in [0.2, 0.25) is 0 Å². The maximum Gasteiger partial charge on any atom is 0.142 e. The standard InChI is InChI=1S/C19H32N2O/c1-4-13-22-19-11-10-17(14-18(19)20)9-6-12-21-15(2)7-5-8-16(21)3/h10-11,14-16H,4-9,12-13,20H2,1-3H3. The van der Waals surface area contributed by atoms with E-state index in [0.717, 1.165) is 43.0 Å². The summed E-state index contributed by atoms with van der Waals surface area (Å²) in [6.07, 6.45) is 7.38. The lowest BCUT2D eigenvalue weighted by Crippen LogP contribution is -2.44. The fourth-order valence-corrected chi connectivity index (χ4v) is 3.48. The molecule has 1 fully saturated rings. The van der Waals surface area contributed by atoms with Crippen LogP contribution in [0.15, 0.2) is 18.2 Å². The van der Waals surface area contributed by atoms with Crippen molar-refractivity contribution < 1.29 is 4.74 Å². The molecule has 22 heavy (non-hydrogen) atoms. The van der Waals surface area contributed by atoms with E-state index < -0.39 is 0 Å². The molecule has 3 nitrogen and oxygen atoms in total. The minimum atomic E-state index is 0.730. The molecule has 0 aliphatic carbocycles. The normalized spacial score (nSPS) is 22.7. The number of nitrogens with zero attached hydrogens (tertiary/aromatic N) is 1. The van der Waals surface area contributed by atoms with Gasteiger partial charge in [0.25, 0.3) is 0 Å². The number of ether oxygens (including phenoxy) is 1. The lowest BCUT2D eigenvalue weighted by atomic mass is 9.97. The fraction of sp³-hybridized carbons (Fsp3) is 0.684. The highest BCUT2D eigenvalue weighted by molar-refractivity contribution is 5.54. The van der Waals surface area contributed by atoms with Crippen LogP contribution in [-0.4, -0.2) is 30.1 Å².